The summed E-state index contributed by atoms with van der Waals surface area (Å²) in [5.74, 6) is -0.189. The van der Waals surface area contributed by atoms with Crippen LogP contribution < -0.4 is 4.90 Å². The van der Waals surface area contributed by atoms with Crippen LogP contribution in [0.2, 0.25) is 0 Å². The van der Waals surface area contributed by atoms with Gasteiger partial charge in [-0.05, 0) is 12.8 Å². The molecule has 17 heavy (non-hydrogen) atoms. The predicted octanol–water partition coefficient (Wildman–Crippen LogP) is 0.406. The minimum Gasteiger partial charge on any atom is -0.480 e. The first-order chi connectivity index (χ1) is 8.27. The molecule has 0 aliphatic carbocycles. The van der Waals surface area contributed by atoms with Crippen LogP contribution in [0.1, 0.15) is 12.8 Å². The van der Waals surface area contributed by atoms with E-state index in [-0.39, 0.29) is 0 Å². The van der Waals surface area contributed by atoms with Crippen LogP contribution in [0, 0.1) is 0 Å². The highest BCUT2D eigenvalue weighted by molar-refractivity contribution is 5.87. The van der Waals surface area contributed by atoms with Crippen LogP contribution in [0.3, 0.4) is 0 Å². The Labute approximate surface area is 96.5 Å². The molecule has 0 bridgehead atoms. The largest absolute Gasteiger partial charge is 0.480 e. The number of carbonyl (C=O) groups is 1. The number of aliphatic carboxylic acids is 1. The molecule has 1 saturated heterocycles. The molecule has 0 radical (unpaired) electrons. The van der Waals surface area contributed by atoms with Gasteiger partial charge in [-0.3, -0.25) is 0 Å². The number of aromatic nitrogens is 4. The Balaban J connectivity index is 2.08. The number of anilines is 1. The second kappa shape index (κ2) is 3.69. The third kappa shape index (κ3) is 1.50. The first kappa shape index (κ1) is 10.0. The summed E-state index contributed by atoms with van der Waals surface area (Å²) in [6.45, 7) is 0.697. The average molecular weight is 233 g/mol. The van der Waals surface area contributed by atoms with Crippen molar-refractivity contribution in [2.24, 2.45) is 0 Å². The molecule has 0 spiro atoms. The summed E-state index contributed by atoms with van der Waals surface area (Å²) in [5, 5.41) is 9.16. The van der Waals surface area contributed by atoms with Crippen LogP contribution in [-0.4, -0.2) is 43.6 Å². The van der Waals surface area contributed by atoms with Gasteiger partial charge in [-0.15, -0.1) is 0 Å². The van der Waals surface area contributed by atoms with Crippen molar-refractivity contribution in [2.75, 3.05) is 11.4 Å². The second-order valence-corrected chi connectivity index (χ2v) is 3.99. The van der Waals surface area contributed by atoms with Crippen LogP contribution in [-0.2, 0) is 4.79 Å². The van der Waals surface area contributed by atoms with Gasteiger partial charge in [0.05, 0.1) is 6.33 Å². The van der Waals surface area contributed by atoms with E-state index in [9.17, 15) is 4.79 Å². The zero-order valence-corrected chi connectivity index (χ0v) is 9.00. The molecule has 1 fully saturated rings. The smallest absolute Gasteiger partial charge is 0.326 e. The topological polar surface area (TPSA) is 95.0 Å². The van der Waals surface area contributed by atoms with Crippen molar-refractivity contribution in [1.29, 1.82) is 0 Å². The summed E-state index contributed by atoms with van der Waals surface area (Å²) < 4.78 is 0. The quantitative estimate of drug-likeness (QED) is 0.779. The van der Waals surface area contributed by atoms with E-state index in [0.29, 0.717) is 29.9 Å². The molecular weight excluding hydrogens is 222 g/mol. The van der Waals surface area contributed by atoms with Crippen molar-refractivity contribution in [3.8, 4) is 0 Å². The molecule has 1 aliphatic heterocycles. The molecule has 2 aromatic heterocycles. The van der Waals surface area contributed by atoms with E-state index in [2.05, 4.69) is 19.9 Å². The van der Waals surface area contributed by atoms with E-state index < -0.39 is 12.0 Å². The Bertz CT molecular complexity index is 567. The van der Waals surface area contributed by atoms with Gasteiger partial charge in [0.25, 0.3) is 0 Å². The molecule has 3 heterocycles. The third-order valence-electron chi connectivity index (χ3n) is 3.01. The fourth-order valence-corrected chi connectivity index (χ4v) is 2.25. The summed E-state index contributed by atoms with van der Waals surface area (Å²) in [7, 11) is 0. The Hall–Kier alpha value is -2.18. The van der Waals surface area contributed by atoms with Gasteiger partial charge < -0.3 is 15.0 Å². The normalized spacial score (nSPS) is 20.0. The van der Waals surface area contributed by atoms with E-state index >= 15 is 0 Å². The van der Waals surface area contributed by atoms with Gasteiger partial charge in [-0.1, -0.05) is 0 Å². The van der Waals surface area contributed by atoms with Crippen molar-refractivity contribution in [1.82, 2.24) is 19.9 Å². The zero-order chi connectivity index (χ0) is 11.8. The molecule has 7 nitrogen and oxygen atoms in total. The number of H-pyrrole nitrogens is 1. The number of rotatable bonds is 2. The molecule has 0 amide bonds. The van der Waals surface area contributed by atoms with Gasteiger partial charge in [0, 0.05) is 6.54 Å². The Kier molecular flexibility index (Phi) is 2.17. The highest BCUT2D eigenvalue weighted by Gasteiger charge is 2.32. The summed E-state index contributed by atoms with van der Waals surface area (Å²) in [5.41, 5.74) is 1.26. The van der Waals surface area contributed by atoms with Gasteiger partial charge in [0.1, 0.15) is 17.9 Å². The first-order valence-corrected chi connectivity index (χ1v) is 5.41. The number of hydrogen-bond acceptors (Lipinski definition) is 5. The van der Waals surface area contributed by atoms with E-state index in [1.807, 2.05) is 0 Å². The minimum atomic E-state index is -0.811. The molecule has 2 aromatic rings. The second-order valence-electron chi connectivity index (χ2n) is 3.99. The van der Waals surface area contributed by atoms with Crippen LogP contribution in [0.5, 0.6) is 0 Å². The van der Waals surface area contributed by atoms with Crippen molar-refractivity contribution in [2.45, 2.75) is 18.9 Å². The van der Waals surface area contributed by atoms with Crippen LogP contribution >= 0.6 is 0 Å². The lowest BCUT2D eigenvalue weighted by atomic mass is 10.2. The van der Waals surface area contributed by atoms with E-state index in [0.717, 1.165) is 6.42 Å². The number of aromatic amines is 1. The summed E-state index contributed by atoms with van der Waals surface area (Å²) in [6, 6.07) is -0.503. The average Bonchev–Trinajstić information content (AvgIpc) is 2.97. The fraction of sp³-hybridized carbons (Fsp3) is 0.400. The third-order valence-corrected chi connectivity index (χ3v) is 3.01. The number of carboxylic acid groups (broad SMARTS) is 1. The lowest BCUT2D eigenvalue weighted by Gasteiger charge is -2.22. The van der Waals surface area contributed by atoms with Gasteiger partial charge in [-0.25, -0.2) is 19.7 Å². The monoisotopic (exact) mass is 233 g/mol. The molecule has 3 rings (SSSR count). The number of nitrogens with one attached hydrogen (secondary N) is 1. The lowest BCUT2D eigenvalue weighted by Crippen LogP contribution is -2.36. The van der Waals surface area contributed by atoms with Crippen LogP contribution in [0.4, 0.5) is 5.82 Å². The zero-order valence-electron chi connectivity index (χ0n) is 9.00. The summed E-state index contributed by atoms with van der Waals surface area (Å²) >= 11 is 0. The van der Waals surface area contributed by atoms with E-state index in [1.165, 1.54) is 12.7 Å². The maximum atomic E-state index is 11.1. The Morgan fingerprint density at radius 1 is 1.47 bits per heavy atom. The summed E-state index contributed by atoms with van der Waals surface area (Å²) in [4.78, 5) is 28.1. The first-order valence-electron chi connectivity index (χ1n) is 5.41. The number of fused-ring (bicyclic) bond motifs is 1. The Morgan fingerprint density at radius 3 is 3.18 bits per heavy atom. The van der Waals surface area contributed by atoms with Crippen molar-refractivity contribution >= 4 is 23.0 Å². The van der Waals surface area contributed by atoms with E-state index in [4.69, 9.17) is 5.11 Å². The summed E-state index contributed by atoms with van der Waals surface area (Å²) in [6.07, 6.45) is 4.45. The van der Waals surface area contributed by atoms with Crippen molar-refractivity contribution in [3.63, 3.8) is 0 Å². The molecule has 2 N–H and O–H groups in total. The highest BCUT2D eigenvalue weighted by atomic mass is 16.4. The van der Waals surface area contributed by atoms with Gasteiger partial charge in [0.2, 0.25) is 0 Å². The molecule has 1 atom stereocenters. The molecule has 1 aliphatic rings. The number of nitrogens with zero attached hydrogens (tertiary/aromatic N) is 4. The minimum absolute atomic E-state index is 0.503. The van der Waals surface area contributed by atoms with Crippen LogP contribution in [0.25, 0.3) is 11.2 Å². The van der Waals surface area contributed by atoms with Gasteiger partial charge >= 0.3 is 5.97 Å². The highest BCUT2D eigenvalue weighted by Crippen LogP contribution is 2.27. The molecule has 0 aromatic carbocycles. The molecule has 0 saturated carbocycles. The number of carboxylic acids is 1. The lowest BCUT2D eigenvalue weighted by molar-refractivity contribution is -0.138. The molecule has 1 unspecified atom stereocenters. The Morgan fingerprint density at radius 2 is 2.35 bits per heavy atom. The molecule has 7 heteroatoms. The van der Waals surface area contributed by atoms with E-state index in [1.54, 1.807) is 4.90 Å². The maximum absolute atomic E-state index is 11.1. The SMILES string of the molecule is O=C(O)C1CCCN1c1ncnc2nc[nH]c12. The predicted molar refractivity (Wildman–Crippen MR) is 59.7 cm³/mol. The fourth-order valence-electron chi connectivity index (χ4n) is 2.25. The molecular formula is C10H11N5O2. The molecule has 88 valence electrons. The van der Waals surface area contributed by atoms with Crippen molar-refractivity contribution in [3.05, 3.63) is 12.7 Å². The van der Waals surface area contributed by atoms with Gasteiger partial charge in [0.15, 0.2) is 11.5 Å². The standard InChI is InChI=1S/C10H11N5O2/c16-10(17)6-2-1-3-15(6)9-7-8(12-4-11-7)13-5-14-9/h4-6H,1-3H2,(H,16,17)(H,11,12,13,14). The number of imidazole rings is 1. The van der Waals surface area contributed by atoms with Crippen molar-refractivity contribution < 1.29 is 9.90 Å². The maximum Gasteiger partial charge on any atom is 0.326 e. The van der Waals surface area contributed by atoms with Gasteiger partial charge in [-0.2, -0.15) is 0 Å². The number of hydrogen-bond donors (Lipinski definition) is 2. The van der Waals surface area contributed by atoms with Crippen LogP contribution in [0.15, 0.2) is 12.7 Å².